The quantitative estimate of drug-likeness (QED) is 0.629. The number of alkyl halides is 2. The van der Waals surface area contributed by atoms with Gasteiger partial charge >= 0.3 is 6.09 Å². The first-order valence-corrected chi connectivity index (χ1v) is 11.3. The summed E-state index contributed by atoms with van der Waals surface area (Å²) in [5.74, 6) is -4.94. The van der Waals surface area contributed by atoms with Crippen LogP contribution in [-0.2, 0) is 14.3 Å². The number of hydrogen-bond donors (Lipinski definition) is 1. The number of nitrogens with zero attached hydrogens (tertiary/aromatic N) is 2. The van der Waals surface area contributed by atoms with Gasteiger partial charge in [0.05, 0.1) is 7.11 Å². The van der Waals surface area contributed by atoms with Crippen LogP contribution in [0.2, 0.25) is 5.02 Å². The van der Waals surface area contributed by atoms with Crippen LogP contribution in [0, 0.1) is 5.82 Å². The molecule has 1 aliphatic carbocycles. The number of carbonyl (C=O) groups is 3. The van der Waals surface area contributed by atoms with Crippen molar-refractivity contribution in [2.45, 2.75) is 43.3 Å². The Labute approximate surface area is 204 Å². The number of hydrogen-bond acceptors (Lipinski definition) is 4. The molecule has 4 rings (SSSR count). The summed E-state index contributed by atoms with van der Waals surface area (Å²) < 4.78 is 45.8. The van der Waals surface area contributed by atoms with E-state index in [1.807, 2.05) is 0 Å². The Morgan fingerprint density at radius 1 is 1.17 bits per heavy atom. The molecule has 2 aromatic carbocycles. The van der Waals surface area contributed by atoms with E-state index in [1.165, 1.54) is 42.3 Å². The van der Waals surface area contributed by atoms with Crippen molar-refractivity contribution in [2.75, 3.05) is 18.6 Å². The highest BCUT2D eigenvalue weighted by molar-refractivity contribution is 6.31. The minimum atomic E-state index is -2.87. The second-order valence-corrected chi connectivity index (χ2v) is 8.96. The second-order valence-electron chi connectivity index (χ2n) is 8.55. The van der Waals surface area contributed by atoms with E-state index in [0.717, 1.165) is 11.0 Å². The fraction of sp³-hybridized carbons (Fsp3) is 0.375. The average Bonchev–Trinajstić information content (AvgIpc) is 2.75. The summed E-state index contributed by atoms with van der Waals surface area (Å²) in [6.07, 6.45) is -1.48. The number of likely N-dealkylation sites (tertiary alicyclic amines) is 1. The van der Waals surface area contributed by atoms with Crippen LogP contribution in [0.25, 0.3) is 0 Å². The maximum atomic E-state index is 14.2. The topological polar surface area (TPSA) is 79.0 Å². The molecule has 0 bridgehead atoms. The molecule has 1 heterocycles. The van der Waals surface area contributed by atoms with Crippen molar-refractivity contribution >= 4 is 35.2 Å². The number of benzene rings is 2. The smallest absolute Gasteiger partial charge is 0.410 e. The Hall–Kier alpha value is -3.27. The molecule has 2 aliphatic rings. The van der Waals surface area contributed by atoms with Gasteiger partial charge in [0.2, 0.25) is 5.91 Å². The van der Waals surface area contributed by atoms with Crippen molar-refractivity contribution in [2.24, 2.45) is 0 Å². The number of anilines is 1. The van der Waals surface area contributed by atoms with Gasteiger partial charge in [-0.2, -0.15) is 0 Å². The van der Waals surface area contributed by atoms with E-state index in [4.69, 9.17) is 16.3 Å². The predicted octanol–water partition coefficient (Wildman–Crippen LogP) is 4.31. The molecule has 11 heteroatoms. The van der Waals surface area contributed by atoms with Gasteiger partial charge in [0.15, 0.2) is 0 Å². The molecule has 1 N–H and O–H groups in total. The monoisotopic (exact) mass is 509 g/mol. The third-order valence-electron chi connectivity index (χ3n) is 6.18. The average molecular weight is 510 g/mol. The fourth-order valence-electron chi connectivity index (χ4n) is 4.31. The van der Waals surface area contributed by atoms with Gasteiger partial charge in [-0.25, -0.2) is 18.0 Å². The van der Waals surface area contributed by atoms with Crippen molar-refractivity contribution in [3.05, 3.63) is 64.9 Å². The molecule has 1 saturated carbocycles. The highest BCUT2D eigenvalue weighted by Gasteiger charge is 2.48. The van der Waals surface area contributed by atoms with Gasteiger partial charge in [-0.05, 0) is 30.7 Å². The van der Waals surface area contributed by atoms with E-state index in [0.29, 0.717) is 6.42 Å². The first kappa shape index (κ1) is 24.8. The van der Waals surface area contributed by atoms with Crippen LogP contribution in [0.5, 0.6) is 0 Å². The van der Waals surface area contributed by atoms with Gasteiger partial charge in [-0.3, -0.25) is 19.4 Å². The first-order chi connectivity index (χ1) is 16.6. The molecule has 2 aromatic rings. The lowest BCUT2D eigenvalue weighted by Gasteiger charge is -2.43. The van der Waals surface area contributed by atoms with Gasteiger partial charge in [0, 0.05) is 41.7 Å². The summed E-state index contributed by atoms with van der Waals surface area (Å²) in [5.41, 5.74) is 0.269. The maximum absolute atomic E-state index is 14.2. The largest absolute Gasteiger partial charge is 0.453 e. The third-order valence-corrected chi connectivity index (χ3v) is 6.52. The number of halogens is 4. The second kappa shape index (κ2) is 9.77. The van der Waals surface area contributed by atoms with Gasteiger partial charge < -0.3 is 10.1 Å². The molecule has 35 heavy (non-hydrogen) atoms. The van der Waals surface area contributed by atoms with Gasteiger partial charge in [-0.15, -0.1) is 0 Å². The number of amides is 3. The Balaban J connectivity index is 1.76. The van der Waals surface area contributed by atoms with Crippen molar-refractivity contribution in [3.8, 4) is 0 Å². The summed E-state index contributed by atoms with van der Waals surface area (Å²) in [6, 6.07) is 8.20. The summed E-state index contributed by atoms with van der Waals surface area (Å²) in [7, 11) is 1.18. The molecule has 0 spiro atoms. The molecule has 186 valence electrons. The Morgan fingerprint density at radius 3 is 2.46 bits per heavy atom. The zero-order valence-corrected chi connectivity index (χ0v) is 19.5. The summed E-state index contributed by atoms with van der Waals surface area (Å²) in [5, 5.41) is 2.72. The van der Waals surface area contributed by atoms with Gasteiger partial charge in [0.1, 0.15) is 17.9 Å². The van der Waals surface area contributed by atoms with Crippen molar-refractivity contribution in [1.29, 1.82) is 0 Å². The van der Waals surface area contributed by atoms with Crippen molar-refractivity contribution < 1.29 is 32.3 Å². The fourth-order valence-corrected chi connectivity index (χ4v) is 4.55. The Bertz CT molecular complexity index is 1140. The van der Waals surface area contributed by atoms with Crippen LogP contribution in [0.4, 0.5) is 23.7 Å². The third kappa shape index (κ3) is 5.07. The van der Waals surface area contributed by atoms with E-state index < -0.39 is 60.6 Å². The van der Waals surface area contributed by atoms with Crippen LogP contribution in [0.15, 0.2) is 48.5 Å². The molecular formula is C24H23ClF3N3O4. The lowest BCUT2D eigenvalue weighted by molar-refractivity contribution is -0.135. The van der Waals surface area contributed by atoms with E-state index in [2.05, 4.69) is 5.32 Å². The number of carbonyl (C=O) groups excluding carboxylic acids is 3. The van der Waals surface area contributed by atoms with E-state index >= 15 is 0 Å². The van der Waals surface area contributed by atoms with Crippen LogP contribution >= 0.6 is 11.6 Å². The van der Waals surface area contributed by atoms with Crippen molar-refractivity contribution in [1.82, 2.24) is 10.2 Å². The number of ether oxygens (including phenoxy) is 1. The van der Waals surface area contributed by atoms with Crippen LogP contribution in [0.3, 0.4) is 0 Å². The summed E-state index contributed by atoms with van der Waals surface area (Å²) in [6.45, 7) is 0.264. The molecule has 2 fully saturated rings. The molecule has 0 aromatic heterocycles. The lowest BCUT2D eigenvalue weighted by atomic mass is 9.87. The molecule has 1 saturated heterocycles. The highest BCUT2D eigenvalue weighted by atomic mass is 35.5. The molecule has 7 nitrogen and oxygen atoms in total. The molecule has 0 radical (unpaired) electrons. The minimum absolute atomic E-state index is 0.0470. The van der Waals surface area contributed by atoms with Gasteiger partial charge in [-0.1, -0.05) is 35.9 Å². The summed E-state index contributed by atoms with van der Waals surface area (Å²) >= 11 is 6.39. The lowest BCUT2D eigenvalue weighted by Crippen LogP contribution is -2.61. The number of rotatable bonds is 6. The zero-order valence-electron chi connectivity index (χ0n) is 18.7. The number of nitrogens with one attached hydrogen (secondary N) is 1. The van der Waals surface area contributed by atoms with Crippen molar-refractivity contribution in [3.63, 3.8) is 0 Å². The molecule has 1 aliphatic heterocycles. The van der Waals surface area contributed by atoms with E-state index in [-0.39, 0.29) is 22.8 Å². The van der Waals surface area contributed by atoms with Crippen LogP contribution < -0.4 is 10.2 Å². The molecule has 2 atom stereocenters. The van der Waals surface area contributed by atoms with Crippen LogP contribution in [-0.4, -0.2) is 54.5 Å². The minimum Gasteiger partial charge on any atom is -0.453 e. The maximum Gasteiger partial charge on any atom is 0.410 e. The number of methoxy groups -OCH3 is 1. The van der Waals surface area contributed by atoms with E-state index in [9.17, 15) is 27.6 Å². The zero-order chi connectivity index (χ0) is 25.3. The standard InChI is InChI=1S/C24H23ClF3N3O4/c1-35-23(34)30-10-9-19(30)22(33)31(16-6-4-5-14(26)11-16)20(17-7-2-3-8-18(17)25)21(32)29-15-12-24(27,28)13-15/h2-8,11,15,19-20H,9-10,12-13H2,1H3,(H,29,32). The molecule has 2 unspecified atom stereocenters. The normalized spacial score (nSPS) is 19.7. The Kier molecular flexibility index (Phi) is 6.93. The predicted molar refractivity (Wildman–Crippen MR) is 122 cm³/mol. The van der Waals surface area contributed by atoms with Crippen LogP contribution in [0.1, 0.15) is 30.9 Å². The van der Waals surface area contributed by atoms with Gasteiger partial charge in [0.25, 0.3) is 11.8 Å². The molecule has 3 amide bonds. The van der Waals surface area contributed by atoms with E-state index in [1.54, 1.807) is 12.1 Å². The SMILES string of the molecule is COC(=O)N1CCC1C(=O)N(c1cccc(F)c1)C(C(=O)NC1CC(F)(F)C1)c1ccccc1Cl. The molecular weight excluding hydrogens is 487 g/mol. The first-order valence-electron chi connectivity index (χ1n) is 11.0. The highest BCUT2D eigenvalue weighted by Crippen LogP contribution is 2.39. The Morgan fingerprint density at radius 2 is 1.89 bits per heavy atom. The summed E-state index contributed by atoms with van der Waals surface area (Å²) in [4.78, 5) is 41.7.